The summed E-state index contributed by atoms with van der Waals surface area (Å²) in [6, 6.07) is 0. The summed E-state index contributed by atoms with van der Waals surface area (Å²) in [5.41, 5.74) is -0.277. The van der Waals surface area contributed by atoms with Crippen molar-refractivity contribution in [3.63, 3.8) is 0 Å². The van der Waals surface area contributed by atoms with Gasteiger partial charge in [-0.2, -0.15) is 0 Å². The molecule has 16 atom stereocenters. The first-order valence-corrected chi connectivity index (χ1v) is 21.3. The van der Waals surface area contributed by atoms with Crippen LogP contribution in [0.15, 0.2) is 0 Å². The third-order valence-corrected chi connectivity index (χ3v) is 18.0. The van der Waals surface area contributed by atoms with Crippen LogP contribution in [0.3, 0.4) is 0 Å². The van der Waals surface area contributed by atoms with Crippen LogP contribution in [0.4, 0.5) is 0 Å². The van der Waals surface area contributed by atoms with Crippen LogP contribution in [-0.2, 0) is 9.59 Å². The van der Waals surface area contributed by atoms with Crippen molar-refractivity contribution in [2.45, 2.75) is 184 Å². The minimum absolute atomic E-state index is 0. The van der Waals surface area contributed by atoms with Gasteiger partial charge in [-0.05, 0) is 206 Å². The summed E-state index contributed by atoms with van der Waals surface area (Å²) in [7, 11) is 0. The Hall–Kier alpha value is -0.260. The van der Waals surface area contributed by atoms with E-state index in [0.717, 1.165) is 97.7 Å². The Labute approximate surface area is 317 Å². The lowest BCUT2D eigenvalue weighted by Gasteiger charge is -2.56. The van der Waals surface area contributed by atoms with Gasteiger partial charge in [0, 0.05) is 11.8 Å². The van der Waals surface area contributed by atoms with Gasteiger partial charge in [0.1, 0.15) is 11.6 Å². The molecule has 8 rings (SSSR count). The van der Waals surface area contributed by atoms with Crippen molar-refractivity contribution < 1.29 is 19.8 Å². The lowest BCUT2D eigenvalue weighted by molar-refractivity contribution is -0.130. The van der Waals surface area contributed by atoms with Crippen LogP contribution in [0.2, 0.25) is 0 Å². The van der Waals surface area contributed by atoms with E-state index in [1.54, 1.807) is 0 Å². The van der Waals surface area contributed by atoms with Gasteiger partial charge in [-0.25, -0.2) is 0 Å². The van der Waals surface area contributed by atoms with Gasteiger partial charge in [0.15, 0.2) is 0 Å². The fraction of sp³-hybridized carbons (Fsp3) is 0.956. The molecule has 0 amide bonds. The van der Waals surface area contributed by atoms with E-state index in [2.05, 4.69) is 29.8 Å². The zero-order valence-corrected chi connectivity index (χ0v) is 32.0. The smallest absolute Gasteiger partial charge is 0.147 e. The summed E-state index contributed by atoms with van der Waals surface area (Å²) < 4.78 is 0. The molecule has 0 radical (unpaired) electrons. The molecule has 0 aromatic heterocycles. The maximum atomic E-state index is 12.5. The minimum atomic E-state index is -0.419. The Balaban J connectivity index is 0.000000212. The number of halogens is 1. The van der Waals surface area contributed by atoms with Gasteiger partial charge in [-0.3, -0.25) is 9.59 Å². The number of hydrogen-bond donors (Lipinski definition) is 2. The van der Waals surface area contributed by atoms with Crippen molar-refractivity contribution in [1.29, 1.82) is 0 Å². The summed E-state index contributed by atoms with van der Waals surface area (Å²) >= 11 is 3.42. The Bertz CT molecular complexity index is 1200. The average molecular weight is 764 g/mol. The molecule has 0 aliphatic heterocycles. The molecule has 0 unspecified atom stereocenters. The highest BCUT2D eigenvalue weighted by molar-refractivity contribution is 9.09. The number of ketones is 2. The highest BCUT2D eigenvalue weighted by Crippen LogP contribution is 2.66. The number of fused-ring (bicyclic) bond motifs is 10. The fourth-order valence-electron chi connectivity index (χ4n) is 15.5. The van der Waals surface area contributed by atoms with Crippen LogP contribution >= 0.6 is 15.9 Å². The van der Waals surface area contributed by atoms with Gasteiger partial charge in [0.25, 0.3) is 0 Å². The lowest BCUT2D eigenvalue weighted by atomic mass is 9.49. The predicted octanol–water partition coefficient (Wildman–Crippen LogP) is 11.5. The van der Waals surface area contributed by atoms with Gasteiger partial charge < -0.3 is 10.2 Å². The Kier molecular flexibility index (Phi) is 13.1. The maximum absolute atomic E-state index is 12.5. The molecule has 0 aromatic carbocycles. The van der Waals surface area contributed by atoms with Crippen LogP contribution in [0, 0.1) is 81.8 Å². The molecule has 50 heavy (non-hydrogen) atoms. The Morgan fingerprint density at radius 2 is 0.940 bits per heavy atom. The van der Waals surface area contributed by atoms with E-state index in [9.17, 15) is 19.8 Å². The van der Waals surface area contributed by atoms with Gasteiger partial charge in [0.05, 0.1) is 16.5 Å². The first-order chi connectivity index (χ1) is 22.2. The first-order valence-electron chi connectivity index (χ1n) is 20.2. The highest BCUT2D eigenvalue weighted by atomic mass is 79.9. The number of carbonyl (C=O) groups is 2. The second-order valence-electron chi connectivity index (χ2n) is 19.9. The molecule has 290 valence electrons. The molecule has 8 saturated carbocycles. The zero-order valence-electron chi connectivity index (χ0n) is 30.5. The molecule has 4 nitrogen and oxygen atoms in total. The number of carbonyl (C=O) groups excluding carboxylic acids is 2. The van der Waals surface area contributed by atoms with Crippen LogP contribution in [0.25, 0.3) is 0 Å². The molecule has 5 heteroatoms. The Morgan fingerprint density at radius 3 is 1.36 bits per heavy atom. The van der Waals surface area contributed by atoms with Crippen molar-refractivity contribution >= 4 is 27.5 Å². The zero-order chi connectivity index (χ0) is 33.5. The summed E-state index contributed by atoms with van der Waals surface area (Å²) in [4.78, 5) is 24.6. The van der Waals surface area contributed by atoms with E-state index in [0.29, 0.717) is 34.1 Å². The standard InChI is InChI=1S/C21H33BrO2.C21H34O2.3CH4/c1-20(24)9-7-14-13(11-20)3-4-16-15(14)8-10-21(2)17(16)5-6-18(21)19(23)12-22;1-13(22)18-6-7-19-17-5-4-14-12-20(2,23)10-8-15(14)16(17)9-11-21(18,19)3;;;/h13-18,24H,3-12H2,1-2H3;14-19,23H,4-12H2,1-3H3;3*1H4/t13-,14+,15-,16-,17+,18-,20-,21+;14-,15+,16-,17-,18-,19+,20-,21-;;;/m11.../s1. The van der Waals surface area contributed by atoms with E-state index in [4.69, 9.17) is 0 Å². The topological polar surface area (TPSA) is 74.6 Å². The van der Waals surface area contributed by atoms with E-state index < -0.39 is 11.2 Å². The van der Waals surface area contributed by atoms with Gasteiger partial charge in [-0.1, -0.05) is 52.1 Å². The number of aliphatic hydroxyl groups is 2. The summed E-state index contributed by atoms with van der Waals surface area (Å²) in [6.07, 6.45) is 21.8. The van der Waals surface area contributed by atoms with Crippen LogP contribution in [0.1, 0.15) is 172 Å². The third kappa shape index (κ3) is 7.27. The highest BCUT2D eigenvalue weighted by Gasteiger charge is 2.60. The molecule has 2 N–H and O–H groups in total. The molecule has 8 aliphatic carbocycles. The lowest BCUT2D eigenvalue weighted by Crippen LogP contribution is -2.51. The largest absolute Gasteiger partial charge is 0.390 e. The molecule has 0 heterocycles. The summed E-state index contributed by atoms with van der Waals surface area (Å²) in [5, 5.41) is 21.5. The minimum Gasteiger partial charge on any atom is -0.390 e. The van der Waals surface area contributed by atoms with Crippen LogP contribution in [-0.4, -0.2) is 38.3 Å². The van der Waals surface area contributed by atoms with E-state index in [1.807, 2.05) is 20.8 Å². The quantitative estimate of drug-likeness (QED) is 0.281. The molecule has 8 aliphatic rings. The normalized spacial score (nSPS) is 51.4. The second kappa shape index (κ2) is 15.5. The molecule has 0 aromatic rings. The summed E-state index contributed by atoms with van der Waals surface area (Å²) in [6.45, 7) is 10.8. The fourth-order valence-corrected chi connectivity index (χ4v) is 15.8. The van der Waals surface area contributed by atoms with Crippen molar-refractivity contribution in [2.75, 3.05) is 5.33 Å². The molecule has 0 spiro atoms. The number of alkyl halides is 1. The Morgan fingerprint density at radius 1 is 0.540 bits per heavy atom. The summed E-state index contributed by atoms with van der Waals surface area (Å²) in [5.74, 6) is 9.76. The van der Waals surface area contributed by atoms with Gasteiger partial charge in [0.2, 0.25) is 0 Å². The maximum Gasteiger partial charge on any atom is 0.147 e. The van der Waals surface area contributed by atoms with Crippen molar-refractivity contribution in [3.8, 4) is 0 Å². The van der Waals surface area contributed by atoms with E-state index in [1.165, 1.54) is 77.0 Å². The SMILES string of the molecule is C.C.C.CC(=O)[C@H]1CC[C@H]2[C@@H]3CC[C@@H]4C[C@](C)(O)CC[C@@H]4[C@H]3CC[C@]12C.C[C@@]1(O)CC[C@H]2[C@H](CC[C@@H]3[C@@H]2CC[C@]2(C)[C@@H](C(=O)CBr)CC[C@@H]32)C1. The van der Waals surface area contributed by atoms with E-state index >= 15 is 0 Å². The molecule has 0 bridgehead atoms. The molecular weight excluding hydrogens is 684 g/mol. The van der Waals surface area contributed by atoms with Gasteiger partial charge in [-0.15, -0.1) is 0 Å². The molecule has 0 saturated heterocycles. The molecular formula is C45H79BrO4. The predicted molar refractivity (Wildman–Crippen MR) is 212 cm³/mol. The van der Waals surface area contributed by atoms with Gasteiger partial charge >= 0.3 is 0 Å². The number of rotatable bonds is 3. The van der Waals surface area contributed by atoms with Crippen LogP contribution < -0.4 is 0 Å². The number of Topliss-reactive ketones (excluding diaryl/α,β-unsaturated/α-hetero) is 2. The third-order valence-electron chi connectivity index (χ3n) is 17.5. The van der Waals surface area contributed by atoms with Crippen molar-refractivity contribution in [2.24, 2.45) is 81.8 Å². The van der Waals surface area contributed by atoms with Crippen molar-refractivity contribution in [1.82, 2.24) is 0 Å². The number of hydrogen-bond acceptors (Lipinski definition) is 4. The monoisotopic (exact) mass is 763 g/mol. The first kappa shape index (κ1) is 42.5. The molecule has 8 fully saturated rings. The van der Waals surface area contributed by atoms with E-state index in [-0.39, 0.29) is 27.7 Å². The second-order valence-corrected chi connectivity index (χ2v) is 20.5. The van der Waals surface area contributed by atoms with Crippen LogP contribution in [0.5, 0.6) is 0 Å². The van der Waals surface area contributed by atoms with Crippen molar-refractivity contribution in [3.05, 3.63) is 0 Å². The average Bonchev–Trinajstić information content (AvgIpc) is 3.56.